The molecule has 1 N–H and O–H groups in total. The van der Waals surface area contributed by atoms with E-state index in [2.05, 4.69) is 18.1 Å². The van der Waals surface area contributed by atoms with E-state index in [4.69, 9.17) is 14.7 Å². The molecule has 0 radical (unpaired) electrons. The predicted molar refractivity (Wildman–Crippen MR) is 71.9 cm³/mol. The average Bonchev–Trinajstić information content (AvgIpc) is 2.35. The highest BCUT2D eigenvalue weighted by Crippen LogP contribution is 2.23. The molecule has 0 aliphatic carbocycles. The van der Waals surface area contributed by atoms with E-state index in [1.54, 1.807) is 0 Å². The predicted octanol–water partition coefficient (Wildman–Crippen LogP) is 2.72. The molecule has 0 aromatic heterocycles. The van der Waals surface area contributed by atoms with Gasteiger partial charge in [-0.3, -0.25) is 0 Å². The largest absolute Gasteiger partial charge is 0.488 e. The fourth-order valence-electron chi connectivity index (χ4n) is 1.76. The molecule has 0 atom stereocenters. The summed E-state index contributed by atoms with van der Waals surface area (Å²) in [5, 5.41) is 11.2. The number of hydrogen-bond donors (Lipinski definition) is 1. The van der Waals surface area contributed by atoms with Crippen LogP contribution >= 0.6 is 0 Å². The first-order chi connectivity index (χ1) is 8.69. The molecule has 0 unspecified atom stereocenters. The number of hydrogen-bond acceptors (Lipinski definition) is 4. The summed E-state index contributed by atoms with van der Waals surface area (Å²) in [5.41, 5.74) is 3.55. The summed E-state index contributed by atoms with van der Waals surface area (Å²) in [7, 11) is 0. The van der Waals surface area contributed by atoms with Gasteiger partial charge in [0.15, 0.2) is 0 Å². The van der Waals surface area contributed by atoms with Crippen LogP contribution in [-0.2, 0) is 11.2 Å². The smallest absolute Gasteiger partial charge is 0.127 e. The van der Waals surface area contributed by atoms with Crippen molar-refractivity contribution in [2.24, 2.45) is 5.16 Å². The Morgan fingerprint density at radius 1 is 1.28 bits per heavy atom. The summed E-state index contributed by atoms with van der Waals surface area (Å²) in [4.78, 5) is 0. The summed E-state index contributed by atoms with van der Waals surface area (Å²) in [6, 6.07) is 4.14. The molecule has 4 nitrogen and oxygen atoms in total. The van der Waals surface area contributed by atoms with Gasteiger partial charge in [-0.1, -0.05) is 11.2 Å². The number of nitrogens with zero attached hydrogens (tertiary/aromatic N) is 1. The minimum atomic E-state index is 0.273. The van der Waals surface area contributed by atoms with Gasteiger partial charge >= 0.3 is 0 Å². The standard InChI is InChI=1S/C14H21NO3/c1-4-17-7-5-13-9-12(3)14(10-11(13)2)18-8-6-15-16/h6,9-10,16H,4-5,7-8H2,1-3H3/b15-6-. The van der Waals surface area contributed by atoms with Crippen molar-refractivity contribution in [3.05, 3.63) is 28.8 Å². The number of oxime groups is 1. The monoisotopic (exact) mass is 251 g/mol. The van der Waals surface area contributed by atoms with Gasteiger partial charge < -0.3 is 14.7 Å². The summed E-state index contributed by atoms with van der Waals surface area (Å²) < 4.78 is 10.9. The molecule has 1 aromatic carbocycles. The van der Waals surface area contributed by atoms with E-state index in [1.807, 2.05) is 19.9 Å². The molecule has 0 aliphatic rings. The maximum atomic E-state index is 8.31. The van der Waals surface area contributed by atoms with Gasteiger partial charge in [0.2, 0.25) is 0 Å². The molecular formula is C14H21NO3. The summed E-state index contributed by atoms with van der Waals surface area (Å²) in [6.07, 6.45) is 2.23. The number of ether oxygens (including phenoxy) is 2. The van der Waals surface area contributed by atoms with E-state index in [0.29, 0.717) is 0 Å². The van der Waals surface area contributed by atoms with Crippen LogP contribution in [0.3, 0.4) is 0 Å². The van der Waals surface area contributed by atoms with Crippen molar-refractivity contribution >= 4 is 6.21 Å². The molecule has 0 amide bonds. The first kappa shape index (κ1) is 14.5. The third-order valence-corrected chi connectivity index (χ3v) is 2.75. The first-order valence-electron chi connectivity index (χ1n) is 6.15. The highest BCUT2D eigenvalue weighted by Gasteiger charge is 2.05. The van der Waals surface area contributed by atoms with Gasteiger partial charge in [0.1, 0.15) is 12.4 Å². The molecule has 18 heavy (non-hydrogen) atoms. The number of rotatable bonds is 7. The zero-order valence-electron chi connectivity index (χ0n) is 11.3. The lowest BCUT2D eigenvalue weighted by Crippen LogP contribution is -2.03. The summed E-state index contributed by atoms with van der Waals surface area (Å²) >= 11 is 0. The van der Waals surface area contributed by atoms with E-state index in [1.165, 1.54) is 17.3 Å². The minimum absolute atomic E-state index is 0.273. The molecule has 0 heterocycles. The van der Waals surface area contributed by atoms with E-state index in [-0.39, 0.29) is 6.61 Å². The van der Waals surface area contributed by atoms with Gasteiger partial charge in [-0.25, -0.2) is 0 Å². The van der Waals surface area contributed by atoms with Gasteiger partial charge in [0.25, 0.3) is 0 Å². The lowest BCUT2D eigenvalue weighted by molar-refractivity contribution is 0.151. The van der Waals surface area contributed by atoms with Gasteiger partial charge in [-0.15, -0.1) is 0 Å². The lowest BCUT2D eigenvalue weighted by atomic mass is 10.0. The Balaban J connectivity index is 2.70. The van der Waals surface area contributed by atoms with E-state index in [9.17, 15) is 0 Å². The highest BCUT2D eigenvalue weighted by molar-refractivity contribution is 5.58. The molecule has 0 spiro atoms. The summed E-state index contributed by atoms with van der Waals surface area (Å²) in [6.45, 7) is 7.84. The Morgan fingerprint density at radius 2 is 2.06 bits per heavy atom. The molecular weight excluding hydrogens is 230 g/mol. The van der Waals surface area contributed by atoms with Crippen molar-refractivity contribution in [3.63, 3.8) is 0 Å². The Morgan fingerprint density at radius 3 is 2.72 bits per heavy atom. The summed E-state index contributed by atoms with van der Waals surface area (Å²) in [5.74, 6) is 0.826. The lowest BCUT2D eigenvalue weighted by Gasteiger charge is -2.12. The molecule has 0 saturated heterocycles. The van der Waals surface area contributed by atoms with Crippen molar-refractivity contribution in [2.45, 2.75) is 27.2 Å². The number of benzene rings is 1. The SMILES string of the molecule is CCOCCc1cc(C)c(OC/C=N\O)cc1C. The fraction of sp³-hybridized carbons (Fsp3) is 0.500. The van der Waals surface area contributed by atoms with Crippen molar-refractivity contribution in [2.75, 3.05) is 19.8 Å². The van der Waals surface area contributed by atoms with Gasteiger partial charge in [-0.2, -0.15) is 0 Å². The van der Waals surface area contributed by atoms with E-state index < -0.39 is 0 Å². The third-order valence-electron chi connectivity index (χ3n) is 2.75. The highest BCUT2D eigenvalue weighted by atomic mass is 16.5. The quantitative estimate of drug-likeness (QED) is 0.351. The second-order valence-electron chi connectivity index (χ2n) is 4.10. The first-order valence-corrected chi connectivity index (χ1v) is 6.15. The molecule has 0 saturated carbocycles. The molecule has 1 rings (SSSR count). The maximum absolute atomic E-state index is 8.31. The van der Waals surface area contributed by atoms with Crippen LogP contribution < -0.4 is 4.74 Å². The Bertz CT molecular complexity index is 402. The van der Waals surface area contributed by atoms with Crippen LogP contribution in [0.4, 0.5) is 0 Å². The topological polar surface area (TPSA) is 51.0 Å². The zero-order valence-corrected chi connectivity index (χ0v) is 11.3. The van der Waals surface area contributed by atoms with Crippen LogP contribution in [0.2, 0.25) is 0 Å². The average molecular weight is 251 g/mol. The Hall–Kier alpha value is -1.55. The van der Waals surface area contributed by atoms with Gasteiger partial charge in [0, 0.05) is 6.61 Å². The Kier molecular flexibility index (Phi) is 6.22. The van der Waals surface area contributed by atoms with Crippen molar-refractivity contribution in [1.29, 1.82) is 0 Å². The van der Waals surface area contributed by atoms with E-state index in [0.717, 1.165) is 30.9 Å². The maximum Gasteiger partial charge on any atom is 0.127 e. The van der Waals surface area contributed by atoms with Gasteiger partial charge in [-0.05, 0) is 49.9 Å². The van der Waals surface area contributed by atoms with Gasteiger partial charge in [0.05, 0.1) is 12.8 Å². The van der Waals surface area contributed by atoms with Crippen LogP contribution in [0, 0.1) is 13.8 Å². The van der Waals surface area contributed by atoms with Crippen LogP contribution in [-0.4, -0.2) is 31.2 Å². The Labute approximate surface area is 108 Å². The van der Waals surface area contributed by atoms with Crippen molar-refractivity contribution < 1.29 is 14.7 Å². The van der Waals surface area contributed by atoms with E-state index >= 15 is 0 Å². The zero-order chi connectivity index (χ0) is 13.4. The molecule has 100 valence electrons. The molecule has 4 heteroatoms. The van der Waals surface area contributed by atoms with Crippen molar-refractivity contribution in [1.82, 2.24) is 0 Å². The second kappa shape index (κ2) is 7.71. The minimum Gasteiger partial charge on any atom is -0.488 e. The molecule has 1 aromatic rings. The normalized spacial score (nSPS) is 11.1. The van der Waals surface area contributed by atoms with Crippen LogP contribution in [0.15, 0.2) is 17.3 Å². The molecule has 0 bridgehead atoms. The third kappa shape index (κ3) is 4.37. The molecule has 0 aliphatic heterocycles. The number of aryl methyl sites for hydroxylation is 2. The fourth-order valence-corrected chi connectivity index (χ4v) is 1.76. The van der Waals surface area contributed by atoms with Crippen LogP contribution in [0.5, 0.6) is 5.75 Å². The second-order valence-corrected chi connectivity index (χ2v) is 4.10. The van der Waals surface area contributed by atoms with Crippen LogP contribution in [0.25, 0.3) is 0 Å². The van der Waals surface area contributed by atoms with Crippen LogP contribution in [0.1, 0.15) is 23.6 Å². The van der Waals surface area contributed by atoms with Crippen molar-refractivity contribution in [3.8, 4) is 5.75 Å². The molecule has 0 fully saturated rings.